The Kier molecular flexibility index (Phi) is 20.1. The molecule has 0 saturated heterocycles. The minimum atomic E-state index is 0. The molecule has 36 heavy (non-hydrogen) atoms. The van der Waals surface area contributed by atoms with Gasteiger partial charge in [-0.1, -0.05) is 97.3 Å². The molecule has 202 valence electrons. The molecule has 1 aromatic heterocycles. The van der Waals surface area contributed by atoms with Gasteiger partial charge in [0, 0.05) is 18.6 Å². The van der Waals surface area contributed by atoms with Gasteiger partial charge in [0.05, 0.1) is 18.0 Å². The molecule has 2 aromatic rings. The molecule has 0 aliphatic heterocycles. The van der Waals surface area contributed by atoms with Crippen LogP contribution < -0.4 is 26.3 Å². The summed E-state index contributed by atoms with van der Waals surface area (Å²) in [5.74, 6) is 0.911. The predicted octanol–water partition coefficient (Wildman–Crippen LogP) is 7.05. The first kappa shape index (κ1) is 32.3. The summed E-state index contributed by atoms with van der Waals surface area (Å²) in [6.45, 7) is 6.41. The number of aromatic nitrogens is 1. The Morgan fingerprint density at radius 3 is 1.53 bits per heavy atom. The first-order valence-electron chi connectivity index (χ1n) is 14.5. The Bertz CT molecular complexity index is 777. The number of benzene rings is 1. The quantitative estimate of drug-likeness (QED) is 0.0916. The maximum atomic E-state index is 5.88. The number of pyridine rings is 1. The van der Waals surface area contributed by atoms with Gasteiger partial charge in [0.2, 0.25) is 0 Å². The van der Waals surface area contributed by atoms with Crippen LogP contribution in [-0.2, 0) is 6.54 Å². The molecular formula is C31H50BrN3O. The van der Waals surface area contributed by atoms with Crippen molar-refractivity contribution < 1.29 is 26.3 Å². The molecule has 0 amide bonds. The summed E-state index contributed by atoms with van der Waals surface area (Å²) in [7, 11) is 0. The summed E-state index contributed by atoms with van der Waals surface area (Å²) in [6.07, 6.45) is 25.6. The third kappa shape index (κ3) is 16.1. The van der Waals surface area contributed by atoms with Gasteiger partial charge in [0.15, 0.2) is 12.4 Å². The highest BCUT2D eigenvalue weighted by molar-refractivity contribution is 5.42. The van der Waals surface area contributed by atoms with Crippen LogP contribution >= 0.6 is 0 Å². The zero-order valence-corrected chi connectivity index (χ0v) is 24.6. The highest BCUT2D eigenvalue weighted by Crippen LogP contribution is 2.21. The molecule has 4 nitrogen and oxygen atoms in total. The summed E-state index contributed by atoms with van der Waals surface area (Å²) >= 11 is 0. The van der Waals surface area contributed by atoms with E-state index in [4.69, 9.17) is 4.74 Å². The standard InChI is InChI=1S/C31H50N3O.BrH/c1-3-5-7-9-11-13-15-17-25-34-26-23-30(24-27-34)33-32-29-19-21-31(22-20-29)35-28-18-16-14-12-10-8-6-4-2;/h19-24,26-27H,3-18,25,28H2,1-2H3;1H/q+1;/p-1. The van der Waals surface area contributed by atoms with Crippen molar-refractivity contribution in [2.24, 2.45) is 10.2 Å². The van der Waals surface area contributed by atoms with E-state index in [-0.39, 0.29) is 17.0 Å². The number of ether oxygens (including phenoxy) is 1. The number of aryl methyl sites for hydroxylation is 1. The lowest BCUT2D eigenvalue weighted by atomic mass is 10.1. The van der Waals surface area contributed by atoms with Crippen molar-refractivity contribution in [2.45, 2.75) is 123 Å². The van der Waals surface area contributed by atoms with Gasteiger partial charge in [0.25, 0.3) is 0 Å². The molecule has 0 spiro atoms. The Morgan fingerprint density at radius 1 is 0.556 bits per heavy atom. The van der Waals surface area contributed by atoms with Crippen LogP contribution in [0.15, 0.2) is 59.0 Å². The lowest BCUT2D eigenvalue weighted by Gasteiger charge is -2.06. The van der Waals surface area contributed by atoms with E-state index in [1.165, 1.54) is 96.3 Å². The first-order chi connectivity index (χ1) is 17.3. The zero-order valence-electron chi connectivity index (χ0n) is 23.0. The minimum Gasteiger partial charge on any atom is -1.00 e. The molecule has 0 unspecified atom stereocenters. The van der Waals surface area contributed by atoms with Crippen LogP contribution in [0.2, 0.25) is 0 Å². The second-order valence-electron chi connectivity index (χ2n) is 9.79. The third-order valence-electron chi connectivity index (χ3n) is 6.53. The lowest BCUT2D eigenvalue weighted by Crippen LogP contribution is -3.00. The van der Waals surface area contributed by atoms with Gasteiger partial charge in [-0.15, -0.1) is 0 Å². The van der Waals surface area contributed by atoms with E-state index >= 15 is 0 Å². The monoisotopic (exact) mass is 559 g/mol. The maximum Gasteiger partial charge on any atom is 0.171 e. The van der Waals surface area contributed by atoms with Gasteiger partial charge in [0.1, 0.15) is 12.3 Å². The summed E-state index contributed by atoms with van der Waals surface area (Å²) in [5, 5.41) is 8.76. The summed E-state index contributed by atoms with van der Waals surface area (Å²) < 4.78 is 8.12. The number of hydrogen-bond donors (Lipinski definition) is 0. The first-order valence-corrected chi connectivity index (χ1v) is 14.5. The Labute approximate surface area is 231 Å². The van der Waals surface area contributed by atoms with E-state index in [0.717, 1.165) is 36.7 Å². The van der Waals surface area contributed by atoms with E-state index in [1.807, 2.05) is 36.4 Å². The van der Waals surface area contributed by atoms with Crippen molar-refractivity contribution in [2.75, 3.05) is 6.61 Å². The van der Waals surface area contributed by atoms with Crippen LogP contribution in [0.25, 0.3) is 0 Å². The van der Waals surface area contributed by atoms with Crippen LogP contribution in [0.1, 0.15) is 117 Å². The van der Waals surface area contributed by atoms with Crippen LogP contribution in [0.5, 0.6) is 5.75 Å². The van der Waals surface area contributed by atoms with Crippen molar-refractivity contribution in [1.29, 1.82) is 0 Å². The lowest BCUT2D eigenvalue weighted by molar-refractivity contribution is -0.697. The van der Waals surface area contributed by atoms with Gasteiger partial charge < -0.3 is 21.7 Å². The molecule has 0 aliphatic carbocycles. The molecular weight excluding hydrogens is 510 g/mol. The van der Waals surface area contributed by atoms with Crippen LogP contribution in [-0.4, -0.2) is 6.61 Å². The van der Waals surface area contributed by atoms with Crippen molar-refractivity contribution in [3.63, 3.8) is 0 Å². The Morgan fingerprint density at radius 2 is 1.00 bits per heavy atom. The second-order valence-corrected chi connectivity index (χ2v) is 9.79. The number of rotatable bonds is 21. The van der Waals surface area contributed by atoms with E-state index in [2.05, 4.69) is 41.0 Å². The van der Waals surface area contributed by atoms with Gasteiger partial charge in [-0.05, 0) is 37.1 Å². The van der Waals surface area contributed by atoms with Gasteiger partial charge in [-0.25, -0.2) is 4.57 Å². The molecule has 0 atom stereocenters. The SMILES string of the molecule is CCCCCCCCCCOc1ccc(N=Nc2cc[n+](CCCCCCCCCC)cc2)cc1.[Br-]. The van der Waals surface area contributed by atoms with Gasteiger partial charge >= 0.3 is 0 Å². The normalized spacial score (nSPS) is 11.1. The molecule has 0 N–H and O–H groups in total. The number of unbranched alkanes of at least 4 members (excludes halogenated alkanes) is 14. The Hall–Kier alpha value is -1.75. The average Bonchev–Trinajstić information content (AvgIpc) is 2.89. The third-order valence-corrected chi connectivity index (χ3v) is 6.53. The highest BCUT2D eigenvalue weighted by atomic mass is 79.9. The number of azo groups is 1. The molecule has 0 radical (unpaired) electrons. The maximum absolute atomic E-state index is 5.88. The van der Waals surface area contributed by atoms with Crippen molar-refractivity contribution >= 4 is 11.4 Å². The Balaban J connectivity index is 0.00000648. The van der Waals surface area contributed by atoms with Gasteiger partial charge in [-0.2, -0.15) is 10.2 Å². The van der Waals surface area contributed by atoms with Crippen molar-refractivity contribution in [1.82, 2.24) is 0 Å². The molecule has 1 aromatic carbocycles. The molecule has 0 aliphatic rings. The summed E-state index contributed by atoms with van der Waals surface area (Å²) in [5.41, 5.74) is 1.73. The fourth-order valence-corrected chi connectivity index (χ4v) is 4.24. The predicted molar refractivity (Wildman–Crippen MR) is 148 cm³/mol. The van der Waals surface area contributed by atoms with Crippen molar-refractivity contribution in [3.8, 4) is 5.75 Å². The smallest absolute Gasteiger partial charge is 0.171 e. The van der Waals surface area contributed by atoms with E-state index in [0.29, 0.717) is 0 Å². The molecule has 5 heteroatoms. The van der Waals surface area contributed by atoms with Crippen molar-refractivity contribution in [3.05, 3.63) is 48.8 Å². The zero-order chi connectivity index (χ0) is 24.8. The van der Waals surface area contributed by atoms with Crippen LogP contribution in [0.4, 0.5) is 11.4 Å². The molecule has 0 saturated carbocycles. The highest BCUT2D eigenvalue weighted by Gasteiger charge is 2.01. The molecule has 0 bridgehead atoms. The number of hydrogen-bond acceptors (Lipinski definition) is 3. The topological polar surface area (TPSA) is 37.8 Å². The molecule has 1 heterocycles. The minimum absolute atomic E-state index is 0. The van der Waals surface area contributed by atoms with E-state index in [9.17, 15) is 0 Å². The average molecular weight is 561 g/mol. The number of halogens is 1. The van der Waals surface area contributed by atoms with Crippen LogP contribution in [0, 0.1) is 0 Å². The number of nitrogens with zero attached hydrogens (tertiary/aromatic N) is 3. The van der Waals surface area contributed by atoms with Gasteiger partial charge in [-0.3, -0.25) is 0 Å². The fourth-order valence-electron chi connectivity index (χ4n) is 4.24. The van der Waals surface area contributed by atoms with Crippen LogP contribution in [0.3, 0.4) is 0 Å². The second kappa shape index (κ2) is 22.4. The van der Waals surface area contributed by atoms with E-state index < -0.39 is 0 Å². The van der Waals surface area contributed by atoms with E-state index in [1.54, 1.807) is 0 Å². The molecule has 0 fully saturated rings. The fraction of sp³-hybridized carbons (Fsp3) is 0.645. The largest absolute Gasteiger partial charge is 1.00 e. The molecule has 2 rings (SSSR count). The summed E-state index contributed by atoms with van der Waals surface area (Å²) in [4.78, 5) is 0. The summed E-state index contributed by atoms with van der Waals surface area (Å²) in [6, 6.07) is 12.0.